The molecule has 0 aliphatic heterocycles. The molecular weight excluding hydrogens is 632 g/mol. The third-order valence-electron chi connectivity index (χ3n) is 7.23. The normalized spacial score (nSPS) is 12.2. The number of rotatable bonds is 14. The second-order valence-corrected chi connectivity index (χ2v) is 12.3. The SMILES string of the molecule is COC(=O)[C@H](Cc1cc(C(C)=O)c(OC)c(-c2cc(C[C@H](NC(C)=O)C(=O)OCc3ccccc3)ccc2OC)c1)NC(=O)OC(C)(C)C. The van der Waals surface area contributed by atoms with Crippen LogP contribution in [0.1, 0.15) is 61.7 Å². The van der Waals surface area contributed by atoms with E-state index in [-0.39, 0.29) is 36.5 Å². The van der Waals surface area contributed by atoms with Gasteiger partial charge in [-0.25, -0.2) is 14.4 Å². The summed E-state index contributed by atoms with van der Waals surface area (Å²) in [4.78, 5) is 63.4. The first kappa shape index (κ1) is 38.1. The molecular formula is C37H44N2O10. The minimum Gasteiger partial charge on any atom is -0.496 e. The zero-order chi connectivity index (χ0) is 36.3. The zero-order valence-corrected chi connectivity index (χ0v) is 29.1. The Morgan fingerprint density at radius 1 is 0.714 bits per heavy atom. The largest absolute Gasteiger partial charge is 0.496 e. The van der Waals surface area contributed by atoms with Gasteiger partial charge in [-0.2, -0.15) is 0 Å². The number of hydrogen-bond donors (Lipinski definition) is 2. The number of alkyl carbamates (subject to hydrolysis) is 1. The van der Waals surface area contributed by atoms with E-state index in [9.17, 15) is 24.0 Å². The predicted molar refractivity (Wildman–Crippen MR) is 181 cm³/mol. The molecule has 3 aromatic carbocycles. The quantitative estimate of drug-likeness (QED) is 0.136. The summed E-state index contributed by atoms with van der Waals surface area (Å²) in [6, 6.07) is 15.6. The molecule has 2 amide bonds. The molecule has 2 N–H and O–H groups in total. The zero-order valence-electron chi connectivity index (χ0n) is 29.1. The fourth-order valence-corrected chi connectivity index (χ4v) is 5.11. The van der Waals surface area contributed by atoms with Crippen molar-refractivity contribution in [3.05, 3.63) is 82.9 Å². The summed E-state index contributed by atoms with van der Waals surface area (Å²) in [7, 11) is 4.12. The van der Waals surface area contributed by atoms with Gasteiger partial charge in [0, 0.05) is 30.9 Å². The van der Waals surface area contributed by atoms with E-state index in [0.717, 1.165) is 5.56 Å². The number of benzene rings is 3. The molecule has 12 nitrogen and oxygen atoms in total. The van der Waals surface area contributed by atoms with Crippen LogP contribution in [0.2, 0.25) is 0 Å². The van der Waals surface area contributed by atoms with Crippen LogP contribution in [0, 0.1) is 0 Å². The number of methoxy groups -OCH3 is 3. The fraction of sp³-hybridized carbons (Fsp3) is 0.378. The van der Waals surface area contributed by atoms with Gasteiger partial charge in [0.25, 0.3) is 0 Å². The molecule has 0 unspecified atom stereocenters. The number of carbonyl (C=O) groups excluding carboxylic acids is 5. The van der Waals surface area contributed by atoms with Crippen molar-refractivity contribution in [1.82, 2.24) is 10.6 Å². The van der Waals surface area contributed by atoms with Crippen LogP contribution >= 0.6 is 0 Å². The molecule has 3 rings (SSSR count). The Bertz CT molecular complexity index is 1660. The molecule has 3 aromatic rings. The molecule has 0 heterocycles. The summed E-state index contributed by atoms with van der Waals surface area (Å²) in [6.45, 7) is 7.83. The average Bonchev–Trinajstić information content (AvgIpc) is 3.05. The molecule has 0 aliphatic carbocycles. The third-order valence-corrected chi connectivity index (χ3v) is 7.23. The molecule has 0 bridgehead atoms. The first-order valence-corrected chi connectivity index (χ1v) is 15.6. The van der Waals surface area contributed by atoms with E-state index in [4.69, 9.17) is 23.7 Å². The highest BCUT2D eigenvalue weighted by Crippen LogP contribution is 2.40. The lowest BCUT2D eigenvalue weighted by atomic mass is 9.91. The van der Waals surface area contributed by atoms with Gasteiger partial charge in [-0.05, 0) is 68.7 Å². The van der Waals surface area contributed by atoms with Gasteiger partial charge in [0.2, 0.25) is 5.91 Å². The molecule has 0 fully saturated rings. The maximum atomic E-state index is 13.1. The molecule has 0 spiro atoms. The van der Waals surface area contributed by atoms with Crippen LogP contribution in [-0.2, 0) is 48.0 Å². The Balaban J connectivity index is 2.05. The second kappa shape index (κ2) is 17.1. The molecule has 2 atom stereocenters. The summed E-state index contributed by atoms with van der Waals surface area (Å²) < 4.78 is 27.2. The first-order chi connectivity index (χ1) is 23.1. The number of ketones is 1. The lowest BCUT2D eigenvalue weighted by molar-refractivity contribution is -0.149. The molecule has 0 aromatic heterocycles. The smallest absolute Gasteiger partial charge is 0.408 e. The van der Waals surface area contributed by atoms with Gasteiger partial charge in [0.1, 0.15) is 35.8 Å². The van der Waals surface area contributed by atoms with Gasteiger partial charge < -0.3 is 34.3 Å². The van der Waals surface area contributed by atoms with Gasteiger partial charge in [-0.3, -0.25) is 9.59 Å². The van der Waals surface area contributed by atoms with Crippen molar-refractivity contribution < 1.29 is 47.7 Å². The third kappa shape index (κ3) is 11.1. The molecule has 12 heteroatoms. The summed E-state index contributed by atoms with van der Waals surface area (Å²) in [5.74, 6) is -1.36. The van der Waals surface area contributed by atoms with Crippen molar-refractivity contribution in [2.45, 2.75) is 71.8 Å². The van der Waals surface area contributed by atoms with Crippen molar-refractivity contribution in [2.24, 2.45) is 0 Å². The van der Waals surface area contributed by atoms with Crippen LogP contribution in [0.25, 0.3) is 11.1 Å². The lowest BCUT2D eigenvalue weighted by Gasteiger charge is -2.23. The van der Waals surface area contributed by atoms with E-state index >= 15 is 0 Å². The average molecular weight is 677 g/mol. The minimum atomic E-state index is -1.14. The summed E-state index contributed by atoms with van der Waals surface area (Å²) in [5, 5.41) is 5.23. The van der Waals surface area contributed by atoms with E-state index < -0.39 is 41.6 Å². The van der Waals surface area contributed by atoms with Gasteiger partial charge >= 0.3 is 18.0 Å². The Kier molecular flexibility index (Phi) is 13.3. The highest BCUT2D eigenvalue weighted by Gasteiger charge is 2.28. The summed E-state index contributed by atoms with van der Waals surface area (Å²) in [5.41, 5.74) is 2.32. The molecule has 0 saturated heterocycles. The second-order valence-electron chi connectivity index (χ2n) is 12.3. The first-order valence-electron chi connectivity index (χ1n) is 15.6. The maximum Gasteiger partial charge on any atom is 0.408 e. The highest BCUT2D eigenvalue weighted by molar-refractivity contribution is 6.00. The number of amides is 2. The van der Waals surface area contributed by atoms with E-state index in [1.807, 2.05) is 30.3 Å². The monoisotopic (exact) mass is 676 g/mol. The molecule has 0 saturated carbocycles. The van der Waals surface area contributed by atoms with Crippen molar-refractivity contribution in [3.63, 3.8) is 0 Å². The molecule has 0 aliphatic rings. The topological polar surface area (TPSA) is 156 Å². The molecule has 49 heavy (non-hydrogen) atoms. The van der Waals surface area contributed by atoms with Crippen LogP contribution in [0.3, 0.4) is 0 Å². The van der Waals surface area contributed by atoms with E-state index in [1.54, 1.807) is 51.1 Å². The number of esters is 2. The lowest BCUT2D eigenvalue weighted by Crippen LogP contribution is -2.45. The fourth-order valence-electron chi connectivity index (χ4n) is 5.11. The van der Waals surface area contributed by atoms with Gasteiger partial charge in [0.15, 0.2) is 5.78 Å². The Labute approximate surface area is 286 Å². The van der Waals surface area contributed by atoms with Crippen molar-refractivity contribution >= 4 is 29.7 Å². The van der Waals surface area contributed by atoms with Crippen LogP contribution in [0.4, 0.5) is 4.79 Å². The van der Waals surface area contributed by atoms with E-state index in [1.165, 1.54) is 35.2 Å². The highest BCUT2D eigenvalue weighted by atomic mass is 16.6. The Morgan fingerprint density at radius 3 is 1.92 bits per heavy atom. The number of nitrogens with one attached hydrogen (secondary N) is 2. The predicted octanol–water partition coefficient (Wildman–Crippen LogP) is 4.97. The Hall–Kier alpha value is -5.39. The van der Waals surface area contributed by atoms with Gasteiger partial charge in [0.05, 0.1) is 26.9 Å². The van der Waals surface area contributed by atoms with Crippen LogP contribution in [-0.4, -0.2) is 68.7 Å². The van der Waals surface area contributed by atoms with Crippen molar-refractivity contribution in [3.8, 4) is 22.6 Å². The maximum absolute atomic E-state index is 13.1. The van der Waals surface area contributed by atoms with Crippen LogP contribution in [0.5, 0.6) is 11.5 Å². The van der Waals surface area contributed by atoms with Crippen molar-refractivity contribution in [2.75, 3.05) is 21.3 Å². The Morgan fingerprint density at radius 2 is 1.35 bits per heavy atom. The van der Waals surface area contributed by atoms with Crippen LogP contribution < -0.4 is 20.1 Å². The van der Waals surface area contributed by atoms with E-state index in [2.05, 4.69) is 10.6 Å². The number of ether oxygens (including phenoxy) is 5. The van der Waals surface area contributed by atoms with Gasteiger partial charge in [-0.1, -0.05) is 36.4 Å². The summed E-state index contributed by atoms with van der Waals surface area (Å²) >= 11 is 0. The number of carbonyl (C=O) groups is 5. The van der Waals surface area contributed by atoms with E-state index in [0.29, 0.717) is 28.0 Å². The molecule has 0 radical (unpaired) electrons. The van der Waals surface area contributed by atoms with Crippen LogP contribution in [0.15, 0.2) is 60.7 Å². The standard InChI is InChI=1S/C37H44N2O10/c1-22(40)27-17-26(20-30(34(42)47-8)39-36(44)49-37(3,4)5)18-29(33(27)46-7)28-16-25(14-15-32(28)45-6)19-31(38-23(2)41)35(43)48-21-24-12-10-9-11-13-24/h9-18,30-31H,19-21H2,1-8H3,(H,38,41)(H,39,44)/t30-,31-/m0/s1. The number of Topliss-reactive ketones (excluding diaryl/α,β-unsaturated/α-hetero) is 1. The molecule has 262 valence electrons. The van der Waals surface area contributed by atoms with Crippen molar-refractivity contribution in [1.29, 1.82) is 0 Å². The minimum absolute atomic E-state index is 0.0385. The van der Waals surface area contributed by atoms with Gasteiger partial charge in [-0.15, -0.1) is 0 Å². The summed E-state index contributed by atoms with van der Waals surface area (Å²) in [6.07, 6.45) is -0.784. The number of hydrogen-bond acceptors (Lipinski definition) is 10.